The van der Waals surface area contributed by atoms with E-state index < -0.39 is 0 Å². The Balaban J connectivity index is 1.57. The third-order valence-corrected chi connectivity index (χ3v) is 2.85. The van der Waals surface area contributed by atoms with Crippen LogP contribution < -0.4 is 5.32 Å². The van der Waals surface area contributed by atoms with Crippen LogP contribution in [-0.2, 0) is 18.4 Å². The predicted molar refractivity (Wildman–Crippen MR) is 58.7 cm³/mol. The van der Waals surface area contributed by atoms with Crippen molar-refractivity contribution in [2.75, 3.05) is 19.7 Å². The van der Waals surface area contributed by atoms with Crippen molar-refractivity contribution < 1.29 is 4.74 Å². The highest BCUT2D eigenvalue weighted by molar-refractivity contribution is 4.72. The minimum Gasteiger partial charge on any atom is -0.373 e. The van der Waals surface area contributed by atoms with Gasteiger partial charge in [0.2, 0.25) is 0 Å². The summed E-state index contributed by atoms with van der Waals surface area (Å²) in [7, 11) is 1.75. The van der Waals surface area contributed by atoms with Crippen LogP contribution in [0.1, 0.15) is 25.1 Å². The van der Waals surface area contributed by atoms with Gasteiger partial charge in [-0.2, -0.15) is 4.80 Å². The summed E-state index contributed by atoms with van der Waals surface area (Å²) in [5.74, 6) is 1.42. The molecule has 1 aromatic heterocycles. The molecule has 1 unspecified atom stereocenters. The van der Waals surface area contributed by atoms with Crippen LogP contribution in [-0.4, -0.2) is 39.9 Å². The number of ether oxygens (including phenoxy) is 1. The number of tetrazole rings is 1. The summed E-state index contributed by atoms with van der Waals surface area (Å²) in [5, 5.41) is 15.1. The molecule has 0 radical (unpaired) electrons. The highest BCUT2D eigenvalue weighted by Crippen LogP contribution is 2.13. The van der Waals surface area contributed by atoms with Gasteiger partial charge in [-0.05, 0) is 43.5 Å². The lowest BCUT2D eigenvalue weighted by atomic mass is 9.97. The highest BCUT2D eigenvalue weighted by atomic mass is 16.5. The van der Waals surface area contributed by atoms with E-state index in [4.69, 9.17) is 4.74 Å². The zero-order valence-corrected chi connectivity index (χ0v) is 9.72. The van der Waals surface area contributed by atoms with Crippen LogP contribution in [0.3, 0.4) is 0 Å². The van der Waals surface area contributed by atoms with Crippen LogP contribution in [0, 0.1) is 5.92 Å². The van der Waals surface area contributed by atoms with E-state index in [9.17, 15) is 0 Å². The number of hydrogen-bond acceptors (Lipinski definition) is 5. The topological polar surface area (TPSA) is 64.9 Å². The summed E-state index contributed by atoms with van der Waals surface area (Å²) < 4.78 is 5.53. The summed E-state index contributed by atoms with van der Waals surface area (Å²) in [6, 6.07) is 0. The monoisotopic (exact) mass is 225 g/mol. The maximum absolute atomic E-state index is 5.53. The van der Waals surface area contributed by atoms with Crippen molar-refractivity contribution in [2.45, 2.75) is 25.9 Å². The van der Waals surface area contributed by atoms with Gasteiger partial charge in [0, 0.05) is 6.61 Å². The molecule has 6 heteroatoms. The lowest BCUT2D eigenvalue weighted by Gasteiger charge is -2.22. The van der Waals surface area contributed by atoms with E-state index in [1.54, 1.807) is 7.05 Å². The number of hydrogen-bond donors (Lipinski definition) is 1. The Hall–Kier alpha value is -1.01. The SMILES string of the molecule is Cn1nnc(COCCC2CCCNC2)n1. The lowest BCUT2D eigenvalue weighted by Crippen LogP contribution is -2.30. The minimum absolute atomic E-state index is 0.466. The molecule has 16 heavy (non-hydrogen) atoms. The zero-order valence-electron chi connectivity index (χ0n) is 9.72. The summed E-state index contributed by atoms with van der Waals surface area (Å²) in [6.07, 6.45) is 3.73. The van der Waals surface area contributed by atoms with E-state index in [1.807, 2.05) is 0 Å². The highest BCUT2D eigenvalue weighted by Gasteiger charge is 2.12. The molecule has 1 aromatic rings. The average molecular weight is 225 g/mol. The third kappa shape index (κ3) is 3.53. The van der Waals surface area contributed by atoms with E-state index in [0.717, 1.165) is 25.5 Å². The lowest BCUT2D eigenvalue weighted by molar-refractivity contribution is 0.0985. The van der Waals surface area contributed by atoms with Gasteiger partial charge in [0.1, 0.15) is 6.61 Å². The number of nitrogens with one attached hydrogen (secondary N) is 1. The molecule has 0 bridgehead atoms. The zero-order chi connectivity index (χ0) is 11.2. The van der Waals surface area contributed by atoms with Gasteiger partial charge in [0.05, 0.1) is 7.05 Å². The van der Waals surface area contributed by atoms with Crippen LogP contribution in [0.4, 0.5) is 0 Å². The van der Waals surface area contributed by atoms with Gasteiger partial charge in [-0.15, -0.1) is 10.2 Å². The summed E-state index contributed by atoms with van der Waals surface area (Å²) in [4.78, 5) is 1.45. The smallest absolute Gasteiger partial charge is 0.200 e. The molecule has 1 aliphatic rings. The van der Waals surface area contributed by atoms with Crippen LogP contribution >= 0.6 is 0 Å². The molecule has 1 saturated heterocycles. The standard InChI is InChI=1S/C10H19N5O/c1-15-13-10(12-14-15)8-16-6-4-9-3-2-5-11-7-9/h9,11H,2-8H2,1H3. The number of piperidine rings is 1. The van der Waals surface area contributed by atoms with Crippen molar-refractivity contribution in [3.8, 4) is 0 Å². The number of aromatic nitrogens is 4. The van der Waals surface area contributed by atoms with Crippen molar-refractivity contribution in [2.24, 2.45) is 13.0 Å². The molecule has 2 rings (SSSR count). The van der Waals surface area contributed by atoms with Gasteiger partial charge in [-0.1, -0.05) is 0 Å². The molecule has 1 atom stereocenters. The first-order chi connectivity index (χ1) is 7.84. The fourth-order valence-electron chi connectivity index (χ4n) is 1.96. The van der Waals surface area contributed by atoms with Gasteiger partial charge >= 0.3 is 0 Å². The second-order valence-corrected chi connectivity index (χ2v) is 4.25. The van der Waals surface area contributed by atoms with Crippen LogP contribution in [0.15, 0.2) is 0 Å². The first-order valence-electron chi connectivity index (χ1n) is 5.86. The van der Waals surface area contributed by atoms with Gasteiger partial charge in [0.25, 0.3) is 0 Å². The molecule has 1 aliphatic heterocycles. The van der Waals surface area contributed by atoms with Gasteiger partial charge in [-0.25, -0.2) is 0 Å². The average Bonchev–Trinajstić information content (AvgIpc) is 2.72. The molecule has 0 amide bonds. The molecule has 0 aromatic carbocycles. The van der Waals surface area contributed by atoms with Gasteiger partial charge in [-0.3, -0.25) is 0 Å². The quantitative estimate of drug-likeness (QED) is 0.721. The second-order valence-electron chi connectivity index (χ2n) is 4.25. The molecular weight excluding hydrogens is 206 g/mol. The molecule has 1 fully saturated rings. The van der Waals surface area contributed by atoms with E-state index in [2.05, 4.69) is 20.7 Å². The molecular formula is C10H19N5O. The number of aryl methyl sites for hydroxylation is 1. The molecule has 0 saturated carbocycles. The summed E-state index contributed by atoms with van der Waals surface area (Å²) in [6.45, 7) is 3.55. The molecule has 1 N–H and O–H groups in total. The van der Waals surface area contributed by atoms with Crippen molar-refractivity contribution in [3.63, 3.8) is 0 Å². The van der Waals surface area contributed by atoms with Crippen molar-refractivity contribution in [1.29, 1.82) is 0 Å². The Morgan fingerprint density at radius 1 is 1.56 bits per heavy atom. The normalized spacial score (nSPS) is 21.2. The summed E-state index contributed by atoms with van der Waals surface area (Å²) in [5.41, 5.74) is 0. The fourth-order valence-corrected chi connectivity index (χ4v) is 1.96. The van der Waals surface area contributed by atoms with E-state index in [0.29, 0.717) is 12.4 Å². The molecule has 2 heterocycles. The van der Waals surface area contributed by atoms with Crippen LogP contribution in [0.5, 0.6) is 0 Å². The predicted octanol–water partition coefficient (Wildman–Crippen LogP) is 0.116. The van der Waals surface area contributed by atoms with Gasteiger partial charge < -0.3 is 10.1 Å². The molecule has 0 aliphatic carbocycles. The summed E-state index contributed by atoms with van der Waals surface area (Å²) >= 11 is 0. The Kier molecular flexibility index (Phi) is 4.24. The first kappa shape index (κ1) is 11.5. The number of rotatable bonds is 5. The Bertz CT molecular complexity index is 308. The van der Waals surface area contributed by atoms with Gasteiger partial charge in [0.15, 0.2) is 5.82 Å². The Morgan fingerprint density at radius 2 is 2.50 bits per heavy atom. The van der Waals surface area contributed by atoms with E-state index in [-0.39, 0.29) is 0 Å². The third-order valence-electron chi connectivity index (χ3n) is 2.85. The largest absolute Gasteiger partial charge is 0.373 e. The van der Waals surface area contributed by atoms with Crippen molar-refractivity contribution >= 4 is 0 Å². The second kappa shape index (κ2) is 5.91. The van der Waals surface area contributed by atoms with Crippen molar-refractivity contribution in [3.05, 3.63) is 5.82 Å². The van der Waals surface area contributed by atoms with E-state index >= 15 is 0 Å². The van der Waals surface area contributed by atoms with E-state index in [1.165, 1.54) is 24.2 Å². The van der Waals surface area contributed by atoms with Crippen molar-refractivity contribution in [1.82, 2.24) is 25.5 Å². The maximum atomic E-state index is 5.53. The fraction of sp³-hybridized carbons (Fsp3) is 0.900. The van der Waals surface area contributed by atoms with Crippen LogP contribution in [0.2, 0.25) is 0 Å². The Labute approximate surface area is 95.4 Å². The maximum Gasteiger partial charge on any atom is 0.200 e. The molecule has 90 valence electrons. The first-order valence-corrected chi connectivity index (χ1v) is 5.86. The van der Waals surface area contributed by atoms with Crippen LogP contribution in [0.25, 0.3) is 0 Å². The molecule has 0 spiro atoms. The minimum atomic E-state index is 0.466. The number of nitrogens with zero attached hydrogens (tertiary/aromatic N) is 4. The molecule has 6 nitrogen and oxygen atoms in total. The Morgan fingerprint density at radius 3 is 3.19 bits per heavy atom.